The number of hydrogen-bond donors (Lipinski definition) is 1. The van der Waals surface area contributed by atoms with E-state index in [1.165, 1.54) is 30.0 Å². The standard InChI is InChI=1S/C14H20N4S/c1-10-11(2)17-13(16-10)9-18-7-4-3-5-12(18)14-15-6-8-19-14/h6,8,12H,3-5,7,9H2,1-2H3,(H,16,17)/t12-/m0/s1. The Morgan fingerprint density at radius 3 is 3.00 bits per heavy atom. The number of thiazole rings is 1. The van der Waals surface area contributed by atoms with Gasteiger partial charge in [0.1, 0.15) is 10.8 Å². The summed E-state index contributed by atoms with van der Waals surface area (Å²) >= 11 is 1.77. The molecule has 102 valence electrons. The fraction of sp³-hybridized carbons (Fsp3) is 0.571. The van der Waals surface area contributed by atoms with Crippen molar-refractivity contribution < 1.29 is 0 Å². The van der Waals surface area contributed by atoms with Crippen LogP contribution in [0.5, 0.6) is 0 Å². The maximum absolute atomic E-state index is 4.61. The molecule has 3 heterocycles. The Bertz CT molecular complexity index is 512. The summed E-state index contributed by atoms with van der Waals surface area (Å²) in [5.74, 6) is 1.08. The number of aromatic amines is 1. The molecular formula is C14H20N4S. The van der Waals surface area contributed by atoms with Gasteiger partial charge in [0.05, 0.1) is 18.3 Å². The molecule has 2 aromatic heterocycles. The summed E-state index contributed by atoms with van der Waals surface area (Å²) in [6.07, 6.45) is 5.71. The Labute approximate surface area is 117 Å². The van der Waals surface area contributed by atoms with Crippen molar-refractivity contribution in [1.82, 2.24) is 19.9 Å². The lowest BCUT2D eigenvalue weighted by atomic mass is 10.0. The van der Waals surface area contributed by atoms with Gasteiger partial charge in [-0.2, -0.15) is 0 Å². The van der Waals surface area contributed by atoms with Gasteiger partial charge in [-0.25, -0.2) is 9.97 Å². The van der Waals surface area contributed by atoms with Gasteiger partial charge >= 0.3 is 0 Å². The van der Waals surface area contributed by atoms with Gasteiger partial charge in [0.2, 0.25) is 0 Å². The van der Waals surface area contributed by atoms with Crippen LogP contribution in [-0.2, 0) is 6.54 Å². The van der Waals surface area contributed by atoms with E-state index in [2.05, 4.69) is 39.1 Å². The molecule has 3 rings (SSSR count). The summed E-state index contributed by atoms with van der Waals surface area (Å²) in [6, 6.07) is 0.472. The second kappa shape index (κ2) is 5.43. The summed E-state index contributed by atoms with van der Waals surface area (Å²) < 4.78 is 0. The highest BCUT2D eigenvalue weighted by Crippen LogP contribution is 2.32. The molecule has 1 aliphatic rings. The fourth-order valence-corrected chi connectivity index (χ4v) is 3.55. The lowest BCUT2D eigenvalue weighted by Crippen LogP contribution is -2.33. The second-order valence-electron chi connectivity index (χ2n) is 5.25. The molecule has 4 nitrogen and oxygen atoms in total. The SMILES string of the molecule is Cc1nc(CN2CCCC[C@H]2c2nccs2)[nH]c1C. The van der Waals surface area contributed by atoms with Crippen LogP contribution in [0.1, 0.15) is 47.5 Å². The topological polar surface area (TPSA) is 44.8 Å². The molecule has 0 bridgehead atoms. The number of rotatable bonds is 3. The highest BCUT2D eigenvalue weighted by Gasteiger charge is 2.26. The molecule has 1 aliphatic heterocycles. The van der Waals surface area contributed by atoms with Crippen LogP contribution in [0.3, 0.4) is 0 Å². The van der Waals surface area contributed by atoms with Crippen LogP contribution < -0.4 is 0 Å². The zero-order chi connectivity index (χ0) is 13.2. The van der Waals surface area contributed by atoms with Gasteiger partial charge in [0.25, 0.3) is 0 Å². The Morgan fingerprint density at radius 1 is 1.42 bits per heavy atom. The molecule has 0 amide bonds. The molecule has 19 heavy (non-hydrogen) atoms. The zero-order valence-electron chi connectivity index (χ0n) is 11.5. The average molecular weight is 276 g/mol. The predicted octanol–water partition coefficient (Wildman–Crippen LogP) is 3.21. The van der Waals surface area contributed by atoms with Crippen molar-refractivity contribution in [2.75, 3.05) is 6.54 Å². The van der Waals surface area contributed by atoms with Crippen LogP contribution in [0.25, 0.3) is 0 Å². The van der Waals surface area contributed by atoms with E-state index in [9.17, 15) is 0 Å². The van der Waals surface area contributed by atoms with E-state index < -0.39 is 0 Å². The average Bonchev–Trinajstić information content (AvgIpc) is 3.02. The van der Waals surface area contributed by atoms with Gasteiger partial charge in [-0.05, 0) is 33.2 Å². The largest absolute Gasteiger partial charge is 0.345 e. The number of likely N-dealkylation sites (tertiary alicyclic amines) is 1. The number of nitrogens with one attached hydrogen (secondary N) is 1. The van der Waals surface area contributed by atoms with E-state index in [-0.39, 0.29) is 0 Å². The Hall–Kier alpha value is -1.20. The Morgan fingerprint density at radius 2 is 2.32 bits per heavy atom. The van der Waals surface area contributed by atoms with Crippen molar-refractivity contribution in [2.45, 2.75) is 45.7 Å². The smallest absolute Gasteiger partial charge is 0.120 e. The molecule has 1 saturated heterocycles. The molecule has 1 fully saturated rings. The van der Waals surface area contributed by atoms with E-state index in [0.717, 1.165) is 24.6 Å². The number of imidazole rings is 1. The van der Waals surface area contributed by atoms with Crippen molar-refractivity contribution in [3.63, 3.8) is 0 Å². The molecular weight excluding hydrogens is 256 g/mol. The third kappa shape index (κ3) is 2.72. The van der Waals surface area contributed by atoms with Gasteiger partial charge in [-0.15, -0.1) is 11.3 Å². The number of hydrogen-bond acceptors (Lipinski definition) is 4. The number of H-pyrrole nitrogens is 1. The summed E-state index contributed by atoms with van der Waals surface area (Å²) in [5, 5.41) is 3.32. The Balaban J connectivity index is 1.77. The number of nitrogens with zero attached hydrogens (tertiary/aromatic N) is 3. The van der Waals surface area contributed by atoms with Gasteiger partial charge in [0, 0.05) is 17.3 Å². The lowest BCUT2D eigenvalue weighted by molar-refractivity contribution is 0.137. The number of aryl methyl sites for hydroxylation is 2. The molecule has 0 saturated carbocycles. The molecule has 2 aromatic rings. The molecule has 0 radical (unpaired) electrons. The lowest BCUT2D eigenvalue weighted by Gasteiger charge is -2.33. The van der Waals surface area contributed by atoms with Crippen molar-refractivity contribution in [3.8, 4) is 0 Å². The van der Waals surface area contributed by atoms with Gasteiger partial charge in [0.15, 0.2) is 0 Å². The Kier molecular flexibility index (Phi) is 3.66. The van der Waals surface area contributed by atoms with Crippen LogP contribution in [0.2, 0.25) is 0 Å². The first kappa shape index (κ1) is 12.8. The molecule has 0 spiro atoms. The normalized spacial score (nSPS) is 20.8. The first-order chi connectivity index (χ1) is 9.24. The van der Waals surface area contributed by atoms with E-state index >= 15 is 0 Å². The first-order valence-electron chi connectivity index (χ1n) is 6.89. The predicted molar refractivity (Wildman–Crippen MR) is 77.2 cm³/mol. The second-order valence-corrected chi connectivity index (χ2v) is 6.17. The maximum Gasteiger partial charge on any atom is 0.120 e. The molecule has 0 aromatic carbocycles. The van der Waals surface area contributed by atoms with Crippen molar-refractivity contribution >= 4 is 11.3 Å². The minimum atomic E-state index is 0.472. The maximum atomic E-state index is 4.61. The summed E-state index contributed by atoms with van der Waals surface area (Å²) in [6.45, 7) is 6.19. The molecule has 1 atom stereocenters. The van der Waals surface area contributed by atoms with E-state index in [1.54, 1.807) is 11.3 Å². The van der Waals surface area contributed by atoms with Crippen molar-refractivity contribution in [2.24, 2.45) is 0 Å². The van der Waals surface area contributed by atoms with Crippen LogP contribution in [-0.4, -0.2) is 26.4 Å². The molecule has 5 heteroatoms. The highest BCUT2D eigenvalue weighted by molar-refractivity contribution is 7.09. The van der Waals surface area contributed by atoms with E-state index in [4.69, 9.17) is 0 Å². The summed E-state index contributed by atoms with van der Waals surface area (Å²) in [5.41, 5.74) is 2.29. The van der Waals surface area contributed by atoms with Gasteiger partial charge in [-0.3, -0.25) is 4.90 Å². The molecule has 0 unspecified atom stereocenters. The van der Waals surface area contributed by atoms with Gasteiger partial charge < -0.3 is 4.98 Å². The quantitative estimate of drug-likeness (QED) is 0.936. The number of aromatic nitrogens is 3. The third-order valence-electron chi connectivity index (χ3n) is 3.88. The number of piperidine rings is 1. The van der Waals surface area contributed by atoms with Crippen LogP contribution in [0.4, 0.5) is 0 Å². The summed E-state index contributed by atoms with van der Waals surface area (Å²) in [4.78, 5) is 15.0. The van der Waals surface area contributed by atoms with E-state index in [1.807, 2.05) is 6.20 Å². The minimum Gasteiger partial charge on any atom is -0.345 e. The first-order valence-corrected chi connectivity index (χ1v) is 7.77. The van der Waals surface area contributed by atoms with Crippen LogP contribution in [0, 0.1) is 13.8 Å². The zero-order valence-corrected chi connectivity index (χ0v) is 12.3. The molecule has 0 aliphatic carbocycles. The third-order valence-corrected chi connectivity index (χ3v) is 4.76. The van der Waals surface area contributed by atoms with Crippen LogP contribution in [0.15, 0.2) is 11.6 Å². The van der Waals surface area contributed by atoms with Crippen molar-refractivity contribution in [1.29, 1.82) is 0 Å². The van der Waals surface area contributed by atoms with Gasteiger partial charge in [-0.1, -0.05) is 6.42 Å². The molecule has 1 N–H and O–H groups in total. The van der Waals surface area contributed by atoms with Crippen molar-refractivity contribution in [3.05, 3.63) is 33.8 Å². The minimum absolute atomic E-state index is 0.472. The monoisotopic (exact) mass is 276 g/mol. The summed E-state index contributed by atoms with van der Waals surface area (Å²) in [7, 11) is 0. The van der Waals surface area contributed by atoms with Crippen LogP contribution >= 0.6 is 11.3 Å². The highest BCUT2D eigenvalue weighted by atomic mass is 32.1. The fourth-order valence-electron chi connectivity index (χ4n) is 2.75. The van der Waals surface area contributed by atoms with E-state index in [0.29, 0.717) is 6.04 Å².